The molecule has 3 nitrogen and oxygen atoms in total. The molecule has 0 aliphatic heterocycles. The van der Waals surface area contributed by atoms with Crippen molar-refractivity contribution in [3.8, 4) is 0 Å². The Kier molecular flexibility index (Phi) is 2.92. The Bertz CT molecular complexity index is 340. The van der Waals surface area contributed by atoms with Gasteiger partial charge in [-0.3, -0.25) is 4.98 Å². The molecule has 0 aliphatic rings. The Labute approximate surface area is 84.4 Å². The maximum atomic E-state index is 9.86. The summed E-state index contributed by atoms with van der Waals surface area (Å²) in [5.74, 6) is 0. The van der Waals surface area contributed by atoms with Crippen LogP contribution in [0.2, 0.25) is 0 Å². The van der Waals surface area contributed by atoms with Crippen LogP contribution in [0.4, 0.5) is 0 Å². The first-order chi connectivity index (χ1) is 6.36. The SMILES string of the molecule is Cc1nc(C)c(C(C)(C)O)cc1CO. The summed E-state index contributed by atoms with van der Waals surface area (Å²) in [6, 6.07) is 1.82. The fraction of sp³-hybridized carbons (Fsp3) is 0.545. The van der Waals surface area contributed by atoms with E-state index in [0.29, 0.717) is 0 Å². The summed E-state index contributed by atoms with van der Waals surface area (Å²) >= 11 is 0. The van der Waals surface area contributed by atoms with E-state index in [1.165, 1.54) is 0 Å². The van der Waals surface area contributed by atoms with Crippen LogP contribution in [0.5, 0.6) is 0 Å². The minimum Gasteiger partial charge on any atom is -0.392 e. The summed E-state index contributed by atoms with van der Waals surface area (Å²) in [4.78, 5) is 4.29. The van der Waals surface area contributed by atoms with Gasteiger partial charge >= 0.3 is 0 Å². The van der Waals surface area contributed by atoms with E-state index in [1.54, 1.807) is 13.8 Å². The molecule has 0 aromatic carbocycles. The van der Waals surface area contributed by atoms with Crippen molar-refractivity contribution in [1.82, 2.24) is 4.98 Å². The van der Waals surface area contributed by atoms with Crippen molar-refractivity contribution in [2.45, 2.75) is 39.9 Å². The number of aliphatic hydroxyl groups excluding tert-OH is 1. The first kappa shape index (κ1) is 11.1. The Morgan fingerprint density at radius 2 is 1.86 bits per heavy atom. The fourth-order valence-electron chi connectivity index (χ4n) is 1.55. The van der Waals surface area contributed by atoms with Crippen molar-refractivity contribution in [3.63, 3.8) is 0 Å². The zero-order valence-electron chi connectivity index (χ0n) is 9.13. The van der Waals surface area contributed by atoms with Crippen molar-refractivity contribution < 1.29 is 10.2 Å². The summed E-state index contributed by atoms with van der Waals surface area (Å²) in [6.07, 6.45) is 0. The molecule has 3 heteroatoms. The summed E-state index contributed by atoms with van der Waals surface area (Å²) in [7, 11) is 0. The predicted molar refractivity (Wildman–Crippen MR) is 54.9 cm³/mol. The lowest BCUT2D eigenvalue weighted by Crippen LogP contribution is -2.19. The lowest BCUT2D eigenvalue weighted by Gasteiger charge is -2.21. The lowest BCUT2D eigenvalue weighted by atomic mass is 9.95. The number of aryl methyl sites for hydroxylation is 2. The highest BCUT2D eigenvalue weighted by Crippen LogP contribution is 2.24. The van der Waals surface area contributed by atoms with Gasteiger partial charge in [-0.15, -0.1) is 0 Å². The van der Waals surface area contributed by atoms with Crippen molar-refractivity contribution in [1.29, 1.82) is 0 Å². The highest BCUT2D eigenvalue weighted by atomic mass is 16.3. The molecule has 14 heavy (non-hydrogen) atoms. The Morgan fingerprint density at radius 1 is 1.29 bits per heavy atom. The summed E-state index contributed by atoms with van der Waals surface area (Å²) in [5.41, 5.74) is 2.26. The number of rotatable bonds is 2. The van der Waals surface area contributed by atoms with E-state index in [1.807, 2.05) is 19.9 Å². The molecule has 0 bridgehead atoms. The van der Waals surface area contributed by atoms with Crippen LogP contribution in [0.25, 0.3) is 0 Å². The number of pyridine rings is 1. The molecule has 1 heterocycles. The van der Waals surface area contributed by atoms with Gasteiger partial charge in [-0.05, 0) is 39.3 Å². The average Bonchev–Trinajstić information content (AvgIpc) is 2.02. The van der Waals surface area contributed by atoms with E-state index in [9.17, 15) is 5.11 Å². The molecule has 0 aliphatic carbocycles. The zero-order chi connectivity index (χ0) is 10.9. The van der Waals surface area contributed by atoms with Crippen molar-refractivity contribution in [2.75, 3.05) is 0 Å². The molecule has 0 saturated heterocycles. The third-order valence-corrected chi connectivity index (χ3v) is 2.34. The van der Waals surface area contributed by atoms with Crippen molar-refractivity contribution >= 4 is 0 Å². The largest absolute Gasteiger partial charge is 0.392 e. The molecule has 0 amide bonds. The van der Waals surface area contributed by atoms with Crippen LogP contribution in [-0.2, 0) is 12.2 Å². The number of hydrogen-bond donors (Lipinski definition) is 2. The molecule has 0 saturated carbocycles. The van der Waals surface area contributed by atoms with Crippen LogP contribution in [0.1, 0.15) is 36.4 Å². The quantitative estimate of drug-likeness (QED) is 0.750. The molecule has 0 atom stereocenters. The first-order valence-corrected chi connectivity index (χ1v) is 4.67. The Balaban J connectivity index is 3.32. The molecule has 1 rings (SSSR count). The van der Waals surface area contributed by atoms with E-state index in [0.717, 1.165) is 22.5 Å². The van der Waals surface area contributed by atoms with Gasteiger partial charge in [0.1, 0.15) is 0 Å². The van der Waals surface area contributed by atoms with Crippen molar-refractivity contribution in [2.24, 2.45) is 0 Å². The molecular formula is C11H17NO2. The zero-order valence-corrected chi connectivity index (χ0v) is 9.13. The summed E-state index contributed by atoms with van der Waals surface area (Å²) < 4.78 is 0. The molecular weight excluding hydrogens is 178 g/mol. The summed E-state index contributed by atoms with van der Waals surface area (Å²) in [5, 5.41) is 18.9. The first-order valence-electron chi connectivity index (χ1n) is 4.67. The molecule has 0 radical (unpaired) electrons. The van der Waals surface area contributed by atoms with Gasteiger partial charge in [-0.2, -0.15) is 0 Å². The predicted octanol–water partition coefficient (Wildman–Crippen LogP) is 1.42. The van der Waals surface area contributed by atoms with E-state index >= 15 is 0 Å². The second-order valence-electron chi connectivity index (χ2n) is 4.08. The molecule has 2 N–H and O–H groups in total. The normalized spacial score (nSPS) is 11.9. The van der Waals surface area contributed by atoms with Crippen LogP contribution >= 0.6 is 0 Å². The fourth-order valence-corrected chi connectivity index (χ4v) is 1.55. The van der Waals surface area contributed by atoms with Crippen LogP contribution in [0.3, 0.4) is 0 Å². The smallest absolute Gasteiger partial charge is 0.0858 e. The Hall–Kier alpha value is -0.930. The molecule has 0 fully saturated rings. The van der Waals surface area contributed by atoms with Gasteiger partial charge in [0.25, 0.3) is 0 Å². The van der Waals surface area contributed by atoms with Gasteiger partial charge in [0, 0.05) is 17.0 Å². The van der Waals surface area contributed by atoms with E-state index in [-0.39, 0.29) is 6.61 Å². The van der Waals surface area contributed by atoms with Gasteiger partial charge < -0.3 is 10.2 Å². The van der Waals surface area contributed by atoms with E-state index in [4.69, 9.17) is 5.11 Å². The monoisotopic (exact) mass is 195 g/mol. The molecule has 0 unspecified atom stereocenters. The van der Waals surface area contributed by atoms with E-state index < -0.39 is 5.60 Å². The number of hydrogen-bond acceptors (Lipinski definition) is 3. The van der Waals surface area contributed by atoms with Crippen molar-refractivity contribution in [3.05, 3.63) is 28.6 Å². The molecule has 1 aromatic rings. The second kappa shape index (κ2) is 3.67. The third kappa shape index (κ3) is 2.11. The van der Waals surface area contributed by atoms with Gasteiger partial charge in [-0.1, -0.05) is 0 Å². The minimum absolute atomic E-state index is 0.0395. The molecule has 78 valence electrons. The average molecular weight is 195 g/mol. The van der Waals surface area contributed by atoms with Crippen LogP contribution in [0.15, 0.2) is 6.07 Å². The topological polar surface area (TPSA) is 53.4 Å². The van der Waals surface area contributed by atoms with Gasteiger partial charge in [0.05, 0.1) is 12.2 Å². The van der Waals surface area contributed by atoms with E-state index in [2.05, 4.69) is 4.98 Å². The molecule has 0 spiro atoms. The minimum atomic E-state index is -0.908. The number of aromatic nitrogens is 1. The van der Waals surface area contributed by atoms with Crippen LogP contribution in [-0.4, -0.2) is 15.2 Å². The summed E-state index contributed by atoms with van der Waals surface area (Å²) in [6.45, 7) is 7.11. The lowest BCUT2D eigenvalue weighted by molar-refractivity contribution is 0.0772. The van der Waals surface area contributed by atoms with Crippen LogP contribution < -0.4 is 0 Å². The molecule has 1 aromatic heterocycles. The van der Waals surface area contributed by atoms with Gasteiger partial charge in [0.2, 0.25) is 0 Å². The maximum absolute atomic E-state index is 9.86. The van der Waals surface area contributed by atoms with Gasteiger partial charge in [0.15, 0.2) is 0 Å². The number of aliphatic hydroxyl groups is 2. The van der Waals surface area contributed by atoms with Crippen LogP contribution in [0, 0.1) is 13.8 Å². The second-order valence-corrected chi connectivity index (χ2v) is 4.08. The highest BCUT2D eigenvalue weighted by Gasteiger charge is 2.20. The Morgan fingerprint density at radius 3 is 2.29 bits per heavy atom. The highest BCUT2D eigenvalue weighted by molar-refractivity contribution is 5.32. The van der Waals surface area contributed by atoms with Gasteiger partial charge in [-0.25, -0.2) is 0 Å². The number of nitrogens with zero attached hydrogens (tertiary/aromatic N) is 1. The maximum Gasteiger partial charge on any atom is 0.0858 e. The third-order valence-electron chi connectivity index (χ3n) is 2.34. The standard InChI is InChI=1S/C11H17NO2/c1-7-9(6-13)5-10(8(2)12-7)11(3,4)14/h5,13-14H,6H2,1-4H3.